The van der Waals surface area contributed by atoms with E-state index in [1.54, 1.807) is 0 Å². The monoisotopic (exact) mass is 247 g/mol. The van der Waals surface area contributed by atoms with Gasteiger partial charge in [0.1, 0.15) is 0 Å². The van der Waals surface area contributed by atoms with Crippen LogP contribution in [0.4, 0.5) is 0 Å². The first-order valence-electron chi connectivity index (χ1n) is 5.20. The molecule has 2 nitrogen and oxygen atoms in total. The molecule has 1 aliphatic carbocycles. The molecule has 1 atom stereocenters. The lowest BCUT2D eigenvalue weighted by Crippen LogP contribution is -2.41. The van der Waals surface area contributed by atoms with Crippen molar-refractivity contribution in [3.05, 3.63) is 0 Å². The largest absolute Gasteiger partial charge is 0.392 e. The smallest absolute Gasteiger partial charge is 0.0667 e. The van der Waals surface area contributed by atoms with E-state index in [0.29, 0.717) is 5.41 Å². The molecule has 1 N–H and O–H groups in total. The Bertz CT molecular complexity index is 182. The highest BCUT2D eigenvalue weighted by Crippen LogP contribution is 2.47. The number of alkyl halides is 1. The van der Waals surface area contributed by atoms with E-state index >= 15 is 0 Å². The quantitative estimate of drug-likeness (QED) is 0.767. The lowest BCUT2D eigenvalue weighted by molar-refractivity contribution is 0.0617. The summed E-state index contributed by atoms with van der Waals surface area (Å²) in [7, 11) is 0. The van der Waals surface area contributed by atoms with Crippen LogP contribution in [0.15, 0.2) is 0 Å². The number of hydrogen-bond acceptors (Lipinski definition) is 2. The van der Waals surface area contributed by atoms with Gasteiger partial charge in [0.25, 0.3) is 0 Å². The minimum atomic E-state index is -0.0696. The summed E-state index contributed by atoms with van der Waals surface area (Å²) >= 11 is 3.59. The zero-order valence-corrected chi connectivity index (χ0v) is 9.59. The van der Waals surface area contributed by atoms with Crippen molar-refractivity contribution < 1.29 is 5.11 Å². The molecule has 0 bridgehead atoms. The minimum absolute atomic E-state index is 0.0696. The summed E-state index contributed by atoms with van der Waals surface area (Å²) in [5.74, 6) is 0. The van der Waals surface area contributed by atoms with Crippen molar-refractivity contribution in [2.45, 2.75) is 31.8 Å². The number of likely N-dealkylation sites (tertiary alicyclic amines) is 1. The number of nitrogens with zero attached hydrogens (tertiary/aromatic N) is 1. The maximum absolute atomic E-state index is 9.52. The maximum Gasteiger partial charge on any atom is 0.0667 e. The van der Waals surface area contributed by atoms with E-state index in [1.807, 2.05) is 0 Å². The Balaban J connectivity index is 1.80. The van der Waals surface area contributed by atoms with Crippen molar-refractivity contribution in [3.8, 4) is 0 Å². The first kappa shape index (κ1) is 9.94. The predicted molar refractivity (Wildman–Crippen MR) is 57.1 cm³/mol. The fourth-order valence-corrected chi connectivity index (χ4v) is 2.90. The number of halogens is 1. The molecule has 0 aromatic rings. The van der Waals surface area contributed by atoms with Gasteiger partial charge in [-0.2, -0.15) is 0 Å². The SMILES string of the molecule is OC1CCCN(CC2(CBr)CC2)C1. The Hall–Kier alpha value is 0.400. The van der Waals surface area contributed by atoms with Gasteiger partial charge in [-0.3, -0.25) is 0 Å². The number of β-amino-alcohol motifs (C(OH)–C–C–N with tert-alkyl or cyclic N) is 1. The number of piperidine rings is 1. The van der Waals surface area contributed by atoms with Gasteiger partial charge >= 0.3 is 0 Å². The van der Waals surface area contributed by atoms with E-state index in [4.69, 9.17) is 0 Å². The van der Waals surface area contributed by atoms with Crippen LogP contribution in [0.5, 0.6) is 0 Å². The summed E-state index contributed by atoms with van der Waals surface area (Å²) in [6.07, 6.45) is 4.83. The molecule has 3 heteroatoms. The third-order valence-electron chi connectivity index (χ3n) is 3.28. The lowest BCUT2D eigenvalue weighted by atomic mass is 10.0. The van der Waals surface area contributed by atoms with E-state index in [2.05, 4.69) is 20.8 Å². The summed E-state index contributed by atoms with van der Waals surface area (Å²) in [4.78, 5) is 2.43. The Labute approximate surface area is 88.4 Å². The van der Waals surface area contributed by atoms with E-state index in [0.717, 1.165) is 18.3 Å². The lowest BCUT2D eigenvalue weighted by Gasteiger charge is -2.32. The number of rotatable bonds is 3. The average Bonchev–Trinajstić information content (AvgIpc) is 2.86. The fourth-order valence-electron chi connectivity index (χ4n) is 2.16. The molecular formula is C10H18BrNO. The maximum atomic E-state index is 9.52. The molecule has 2 fully saturated rings. The van der Waals surface area contributed by atoms with Gasteiger partial charge in [-0.25, -0.2) is 0 Å². The summed E-state index contributed by atoms with van der Waals surface area (Å²) < 4.78 is 0. The highest BCUT2D eigenvalue weighted by molar-refractivity contribution is 9.09. The minimum Gasteiger partial charge on any atom is -0.392 e. The van der Waals surface area contributed by atoms with Crippen LogP contribution in [-0.4, -0.2) is 41.1 Å². The predicted octanol–water partition coefficient (Wildman–Crippen LogP) is 1.62. The van der Waals surface area contributed by atoms with Crippen LogP contribution in [-0.2, 0) is 0 Å². The number of aliphatic hydroxyl groups excluding tert-OH is 1. The molecule has 1 saturated heterocycles. The van der Waals surface area contributed by atoms with Gasteiger partial charge in [0.05, 0.1) is 6.10 Å². The second-order valence-electron chi connectivity index (χ2n) is 4.66. The zero-order valence-electron chi connectivity index (χ0n) is 8.01. The van der Waals surface area contributed by atoms with E-state index in [-0.39, 0.29) is 6.10 Å². The summed E-state index contributed by atoms with van der Waals surface area (Å²) in [5.41, 5.74) is 0.567. The third kappa shape index (κ3) is 2.45. The van der Waals surface area contributed by atoms with Crippen molar-refractivity contribution in [1.82, 2.24) is 4.90 Å². The Morgan fingerprint density at radius 1 is 1.46 bits per heavy atom. The molecule has 76 valence electrons. The zero-order chi connectivity index (χ0) is 9.31. The van der Waals surface area contributed by atoms with Gasteiger partial charge in [-0.1, -0.05) is 15.9 Å². The molecule has 1 aliphatic heterocycles. The van der Waals surface area contributed by atoms with E-state index in [9.17, 15) is 5.11 Å². The molecule has 0 aromatic carbocycles. The molecule has 1 saturated carbocycles. The van der Waals surface area contributed by atoms with Crippen molar-refractivity contribution >= 4 is 15.9 Å². The second kappa shape index (κ2) is 3.87. The first-order valence-corrected chi connectivity index (χ1v) is 6.33. The standard InChI is InChI=1S/C10H18BrNO/c11-7-10(3-4-10)8-12-5-1-2-9(13)6-12/h9,13H,1-8H2. The summed E-state index contributed by atoms with van der Waals surface area (Å²) in [5, 5.41) is 10.6. The van der Waals surface area contributed by atoms with Crippen LogP contribution in [0.25, 0.3) is 0 Å². The van der Waals surface area contributed by atoms with Gasteiger partial charge in [-0.15, -0.1) is 0 Å². The van der Waals surface area contributed by atoms with E-state index < -0.39 is 0 Å². The molecule has 13 heavy (non-hydrogen) atoms. The number of hydrogen-bond donors (Lipinski definition) is 1. The highest BCUT2D eigenvalue weighted by atomic mass is 79.9. The summed E-state index contributed by atoms with van der Waals surface area (Å²) in [6.45, 7) is 3.27. The molecule has 2 rings (SSSR count). The fraction of sp³-hybridized carbons (Fsp3) is 1.00. The van der Waals surface area contributed by atoms with Crippen molar-refractivity contribution in [2.24, 2.45) is 5.41 Å². The van der Waals surface area contributed by atoms with Gasteiger partial charge in [0.15, 0.2) is 0 Å². The van der Waals surface area contributed by atoms with Gasteiger partial charge in [0, 0.05) is 18.4 Å². The topological polar surface area (TPSA) is 23.5 Å². The first-order chi connectivity index (χ1) is 6.24. The van der Waals surface area contributed by atoms with Crippen molar-refractivity contribution in [2.75, 3.05) is 25.0 Å². The van der Waals surface area contributed by atoms with Crippen molar-refractivity contribution in [1.29, 1.82) is 0 Å². The molecule has 0 aromatic heterocycles. The molecule has 1 unspecified atom stereocenters. The third-order valence-corrected chi connectivity index (χ3v) is 4.47. The van der Waals surface area contributed by atoms with Crippen molar-refractivity contribution in [3.63, 3.8) is 0 Å². The average molecular weight is 248 g/mol. The van der Waals surface area contributed by atoms with Gasteiger partial charge in [0.2, 0.25) is 0 Å². The molecule has 2 aliphatic rings. The van der Waals surface area contributed by atoms with E-state index in [1.165, 1.54) is 32.4 Å². The molecule has 0 amide bonds. The second-order valence-corrected chi connectivity index (χ2v) is 5.23. The Morgan fingerprint density at radius 3 is 2.77 bits per heavy atom. The Morgan fingerprint density at radius 2 is 2.23 bits per heavy atom. The Kier molecular flexibility index (Phi) is 2.96. The van der Waals surface area contributed by atoms with Gasteiger partial charge in [-0.05, 0) is 37.6 Å². The van der Waals surface area contributed by atoms with Crippen LogP contribution >= 0.6 is 15.9 Å². The summed E-state index contributed by atoms with van der Waals surface area (Å²) in [6, 6.07) is 0. The molecular weight excluding hydrogens is 230 g/mol. The molecule has 1 heterocycles. The van der Waals surface area contributed by atoms with Crippen LogP contribution in [0, 0.1) is 5.41 Å². The van der Waals surface area contributed by atoms with Gasteiger partial charge < -0.3 is 10.0 Å². The van der Waals surface area contributed by atoms with Crippen LogP contribution in [0.3, 0.4) is 0 Å². The molecule has 0 spiro atoms. The van der Waals surface area contributed by atoms with Crippen LogP contribution in [0.1, 0.15) is 25.7 Å². The molecule has 0 radical (unpaired) electrons. The normalized spacial score (nSPS) is 33.2. The van der Waals surface area contributed by atoms with Crippen LogP contribution < -0.4 is 0 Å². The highest BCUT2D eigenvalue weighted by Gasteiger charge is 2.43. The van der Waals surface area contributed by atoms with Crippen LogP contribution in [0.2, 0.25) is 0 Å². The number of aliphatic hydroxyl groups is 1.